The van der Waals surface area contributed by atoms with Gasteiger partial charge in [-0.25, -0.2) is 4.39 Å². The Labute approximate surface area is 97.1 Å². The van der Waals surface area contributed by atoms with Gasteiger partial charge in [-0.15, -0.1) is 0 Å². The zero-order chi connectivity index (χ0) is 11.7. The average Bonchev–Trinajstić information content (AvgIpc) is 3.07. The molecule has 0 atom stereocenters. The van der Waals surface area contributed by atoms with Crippen LogP contribution in [0, 0.1) is 11.7 Å². The minimum Gasteiger partial charge on any atom is -0.489 e. The van der Waals surface area contributed by atoms with E-state index in [-0.39, 0.29) is 22.1 Å². The molecule has 88 valence electrons. The lowest BCUT2D eigenvalue weighted by atomic mass is 10.2. The number of rotatable bonds is 4. The Hall–Kier alpha value is -1.20. The highest BCUT2D eigenvalue weighted by atomic mass is 35.5. The molecule has 0 radical (unpaired) electrons. The summed E-state index contributed by atoms with van der Waals surface area (Å²) in [4.78, 5) is 0. The van der Waals surface area contributed by atoms with Gasteiger partial charge in [0.1, 0.15) is 0 Å². The number of anilines is 2. The van der Waals surface area contributed by atoms with Crippen LogP contribution < -0.4 is 16.0 Å². The first kappa shape index (κ1) is 11.3. The van der Waals surface area contributed by atoms with Crippen molar-refractivity contribution in [2.75, 3.05) is 17.8 Å². The van der Waals surface area contributed by atoms with Crippen LogP contribution in [0.15, 0.2) is 6.07 Å². The highest BCUT2D eigenvalue weighted by Gasteiger charge is 2.24. The smallest absolute Gasteiger partial charge is 0.191 e. The van der Waals surface area contributed by atoms with Crippen molar-refractivity contribution in [3.05, 3.63) is 16.9 Å². The Morgan fingerprint density at radius 3 is 2.88 bits per heavy atom. The van der Waals surface area contributed by atoms with Crippen LogP contribution in [-0.4, -0.2) is 11.8 Å². The standard InChI is InChI=1S/C10H12ClFN2O2/c11-6-3-7(14-15)9(13)8(12)10(6)16-4-5-1-2-5/h3,5,14-15H,1-2,4,13H2. The van der Waals surface area contributed by atoms with Crippen molar-refractivity contribution >= 4 is 23.0 Å². The van der Waals surface area contributed by atoms with Crippen LogP contribution in [0.3, 0.4) is 0 Å². The number of hydrogen-bond donors (Lipinski definition) is 3. The van der Waals surface area contributed by atoms with E-state index in [0.29, 0.717) is 12.5 Å². The second kappa shape index (κ2) is 4.35. The molecule has 4 nitrogen and oxygen atoms in total. The van der Waals surface area contributed by atoms with E-state index in [0.717, 1.165) is 12.8 Å². The molecular formula is C10H12ClFN2O2. The summed E-state index contributed by atoms with van der Waals surface area (Å²) in [6.45, 7) is 0.446. The summed E-state index contributed by atoms with van der Waals surface area (Å²) < 4.78 is 19.0. The molecule has 0 spiro atoms. The predicted octanol–water partition coefficient (Wildman–Crippen LogP) is 2.65. The fourth-order valence-corrected chi connectivity index (χ4v) is 1.57. The number of hydrogen-bond acceptors (Lipinski definition) is 4. The van der Waals surface area contributed by atoms with E-state index in [2.05, 4.69) is 0 Å². The predicted molar refractivity (Wildman–Crippen MR) is 59.5 cm³/mol. The zero-order valence-corrected chi connectivity index (χ0v) is 9.22. The molecule has 16 heavy (non-hydrogen) atoms. The fourth-order valence-electron chi connectivity index (χ4n) is 1.33. The van der Waals surface area contributed by atoms with Gasteiger partial charge in [-0.2, -0.15) is 0 Å². The number of ether oxygens (including phenoxy) is 1. The van der Waals surface area contributed by atoms with Gasteiger partial charge in [0.15, 0.2) is 11.6 Å². The third-order valence-corrected chi connectivity index (χ3v) is 2.78. The molecule has 0 heterocycles. The normalized spacial score (nSPS) is 14.9. The van der Waals surface area contributed by atoms with Crippen molar-refractivity contribution in [2.45, 2.75) is 12.8 Å². The van der Waals surface area contributed by atoms with Gasteiger partial charge < -0.3 is 10.5 Å². The molecule has 1 aromatic rings. The maximum absolute atomic E-state index is 13.7. The van der Waals surface area contributed by atoms with Gasteiger partial charge in [-0.05, 0) is 24.8 Å². The third kappa shape index (κ3) is 2.15. The van der Waals surface area contributed by atoms with E-state index in [1.54, 1.807) is 5.48 Å². The summed E-state index contributed by atoms with van der Waals surface area (Å²) >= 11 is 5.82. The molecule has 1 aliphatic carbocycles. The highest BCUT2D eigenvalue weighted by molar-refractivity contribution is 6.32. The minimum atomic E-state index is -0.746. The Balaban J connectivity index is 2.24. The fraction of sp³-hybridized carbons (Fsp3) is 0.400. The maximum atomic E-state index is 13.7. The van der Waals surface area contributed by atoms with Gasteiger partial charge >= 0.3 is 0 Å². The zero-order valence-electron chi connectivity index (χ0n) is 8.46. The first-order valence-corrected chi connectivity index (χ1v) is 5.31. The van der Waals surface area contributed by atoms with Crippen molar-refractivity contribution in [2.24, 2.45) is 5.92 Å². The Kier molecular flexibility index (Phi) is 3.07. The number of nitrogen functional groups attached to an aromatic ring is 1. The molecule has 1 aromatic carbocycles. The molecule has 0 bridgehead atoms. The first-order chi connectivity index (χ1) is 7.63. The van der Waals surface area contributed by atoms with Crippen LogP contribution in [0.5, 0.6) is 5.75 Å². The summed E-state index contributed by atoms with van der Waals surface area (Å²) in [5, 5.41) is 8.78. The summed E-state index contributed by atoms with van der Waals surface area (Å²) in [6, 6.07) is 1.32. The largest absolute Gasteiger partial charge is 0.489 e. The molecule has 1 aliphatic rings. The molecule has 0 unspecified atom stereocenters. The van der Waals surface area contributed by atoms with Crippen molar-refractivity contribution in [1.29, 1.82) is 0 Å². The van der Waals surface area contributed by atoms with Gasteiger partial charge in [0.25, 0.3) is 0 Å². The topological polar surface area (TPSA) is 67.5 Å². The Morgan fingerprint density at radius 2 is 2.31 bits per heavy atom. The quantitative estimate of drug-likeness (QED) is 0.564. The minimum absolute atomic E-state index is 0.0290. The summed E-state index contributed by atoms with van der Waals surface area (Å²) in [5.41, 5.74) is 7.04. The van der Waals surface area contributed by atoms with E-state index < -0.39 is 5.82 Å². The summed E-state index contributed by atoms with van der Waals surface area (Å²) in [7, 11) is 0. The summed E-state index contributed by atoms with van der Waals surface area (Å²) in [6.07, 6.45) is 2.20. The van der Waals surface area contributed by atoms with Crippen molar-refractivity contribution in [1.82, 2.24) is 0 Å². The second-order valence-corrected chi connectivity index (χ2v) is 4.24. The van der Waals surface area contributed by atoms with Crippen molar-refractivity contribution < 1.29 is 14.3 Å². The van der Waals surface area contributed by atoms with Gasteiger partial charge in [-0.1, -0.05) is 11.6 Å². The van der Waals surface area contributed by atoms with Gasteiger partial charge in [0.2, 0.25) is 0 Å². The average molecular weight is 247 g/mol. The van der Waals surface area contributed by atoms with Gasteiger partial charge in [0, 0.05) is 0 Å². The molecule has 1 saturated carbocycles. The molecule has 0 saturated heterocycles. The van der Waals surface area contributed by atoms with E-state index in [4.69, 9.17) is 27.3 Å². The number of benzene rings is 1. The third-order valence-electron chi connectivity index (χ3n) is 2.49. The van der Waals surface area contributed by atoms with E-state index in [1.807, 2.05) is 0 Å². The van der Waals surface area contributed by atoms with Crippen LogP contribution in [0.1, 0.15) is 12.8 Å². The number of nitrogens with one attached hydrogen (secondary N) is 1. The van der Waals surface area contributed by atoms with Gasteiger partial charge in [0.05, 0.1) is 23.0 Å². The van der Waals surface area contributed by atoms with E-state index in [1.165, 1.54) is 6.07 Å². The molecule has 6 heteroatoms. The molecule has 2 rings (SSSR count). The molecular weight excluding hydrogens is 235 g/mol. The molecule has 0 amide bonds. The van der Waals surface area contributed by atoms with Crippen LogP contribution >= 0.6 is 11.6 Å². The SMILES string of the molecule is Nc1c(NO)cc(Cl)c(OCC2CC2)c1F. The molecule has 0 aromatic heterocycles. The van der Waals surface area contributed by atoms with E-state index in [9.17, 15) is 4.39 Å². The first-order valence-electron chi connectivity index (χ1n) is 4.94. The molecule has 4 N–H and O–H groups in total. The van der Waals surface area contributed by atoms with Crippen LogP contribution in [0.2, 0.25) is 5.02 Å². The second-order valence-electron chi connectivity index (χ2n) is 3.83. The molecule has 0 aliphatic heterocycles. The monoisotopic (exact) mass is 246 g/mol. The molecule has 1 fully saturated rings. The summed E-state index contributed by atoms with van der Waals surface area (Å²) in [5.74, 6) is -0.304. The maximum Gasteiger partial charge on any atom is 0.191 e. The van der Waals surface area contributed by atoms with Crippen molar-refractivity contribution in [3.63, 3.8) is 0 Å². The van der Waals surface area contributed by atoms with Crippen molar-refractivity contribution in [3.8, 4) is 5.75 Å². The van der Waals surface area contributed by atoms with Crippen LogP contribution in [-0.2, 0) is 0 Å². The van der Waals surface area contributed by atoms with Gasteiger partial charge in [-0.3, -0.25) is 10.7 Å². The van der Waals surface area contributed by atoms with Crippen LogP contribution in [0.4, 0.5) is 15.8 Å². The lowest BCUT2D eigenvalue weighted by Crippen LogP contribution is -2.06. The Morgan fingerprint density at radius 1 is 1.62 bits per heavy atom. The number of nitrogens with two attached hydrogens (primary N) is 1. The lowest BCUT2D eigenvalue weighted by molar-refractivity contribution is 0.286. The van der Waals surface area contributed by atoms with Crippen LogP contribution in [0.25, 0.3) is 0 Å². The number of halogens is 2. The lowest BCUT2D eigenvalue weighted by Gasteiger charge is -2.12. The highest BCUT2D eigenvalue weighted by Crippen LogP contribution is 2.38. The van der Waals surface area contributed by atoms with E-state index >= 15 is 0 Å². The Bertz CT molecular complexity index is 410.